The van der Waals surface area contributed by atoms with E-state index in [-0.39, 0.29) is 5.56 Å². The lowest BCUT2D eigenvalue weighted by Gasteiger charge is -2.16. The summed E-state index contributed by atoms with van der Waals surface area (Å²) in [7, 11) is 1.30. The van der Waals surface area contributed by atoms with Crippen LogP contribution in [0.5, 0.6) is 17.2 Å². The molecule has 1 heterocycles. The van der Waals surface area contributed by atoms with Crippen molar-refractivity contribution in [1.82, 2.24) is 0 Å². The normalized spacial score (nSPS) is 12.0. The van der Waals surface area contributed by atoms with Crippen LogP contribution in [0, 0.1) is 0 Å². The van der Waals surface area contributed by atoms with Crippen LogP contribution in [-0.4, -0.2) is 51.4 Å². The first-order valence-electron chi connectivity index (χ1n) is 11.2. The number of hydrogen-bond acceptors (Lipinski definition) is 9. The lowest BCUT2D eigenvalue weighted by atomic mass is 10.1. The van der Waals surface area contributed by atoms with Crippen LogP contribution in [0.4, 0.5) is 5.00 Å². The molecule has 34 heavy (non-hydrogen) atoms. The summed E-state index contributed by atoms with van der Waals surface area (Å²) in [6.45, 7) is 6.05. The SMILES string of the molecule is CCOc1cc(C(=O)OCC(=O)Nc2sc3c(c2C(=O)OC)CCC3)cc(OCC)c1OCC. The second kappa shape index (κ2) is 11.7. The van der Waals surface area contributed by atoms with Gasteiger partial charge in [0.25, 0.3) is 5.91 Å². The van der Waals surface area contributed by atoms with Crippen LogP contribution >= 0.6 is 11.3 Å². The van der Waals surface area contributed by atoms with E-state index in [1.807, 2.05) is 20.8 Å². The molecule has 0 fully saturated rings. The molecule has 0 atom stereocenters. The topological polar surface area (TPSA) is 109 Å². The van der Waals surface area contributed by atoms with Crippen LogP contribution in [-0.2, 0) is 27.1 Å². The smallest absolute Gasteiger partial charge is 0.341 e. The number of benzene rings is 1. The average molecular weight is 492 g/mol. The third-order valence-corrected chi connectivity index (χ3v) is 6.25. The van der Waals surface area contributed by atoms with Crippen LogP contribution < -0.4 is 19.5 Å². The molecule has 0 bridgehead atoms. The molecule has 184 valence electrons. The summed E-state index contributed by atoms with van der Waals surface area (Å²) in [5.74, 6) is -0.666. The Bertz CT molecular complexity index is 1030. The van der Waals surface area contributed by atoms with E-state index in [4.69, 9.17) is 23.7 Å². The maximum Gasteiger partial charge on any atom is 0.341 e. The number of aryl methyl sites for hydroxylation is 1. The summed E-state index contributed by atoms with van der Waals surface area (Å²) < 4.78 is 27.0. The Balaban J connectivity index is 1.72. The largest absolute Gasteiger partial charge is 0.490 e. The van der Waals surface area contributed by atoms with Gasteiger partial charge in [0.15, 0.2) is 18.1 Å². The molecule has 3 rings (SSSR count). The molecule has 9 nitrogen and oxygen atoms in total. The second-order valence-electron chi connectivity index (χ2n) is 7.28. The Hall–Kier alpha value is -3.27. The number of rotatable bonds is 11. The standard InChI is InChI=1S/C24H29NO8S/c1-5-30-16-11-14(12-17(31-6-2)21(16)32-7-3)23(27)33-13-19(26)25-22-20(24(28)29-4)15-9-8-10-18(15)34-22/h11-12H,5-10,13H2,1-4H3,(H,25,26). The Kier molecular flexibility index (Phi) is 8.75. The zero-order valence-corrected chi connectivity index (χ0v) is 20.6. The number of hydrogen-bond donors (Lipinski definition) is 1. The zero-order valence-electron chi connectivity index (χ0n) is 19.8. The molecule has 1 aromatic carbocycles. The van der Waals surface area contributed by atoms with Crippen LogP contribution in [0.3, 0.4) is 0 Å². The van der Waals surface area contributed by atoms with Gasteiger partial charge in [0.2, 0.25) is 5.75 Å². The molecule has 0 saturated carbocycles. The average Bonchev–Trinajstić information content (AvgIpc) is 3.40. The summed E-state index contributed by atoms with van der Waals surface area (Å²) in [6, 6.07) is 2.99. The molecular weight excluding hydrogens is 462 g/mol. The molecule has 10 heteroatoms. The molecule has 0 saturated heterocycles. The molecule has 0 aliphatic heterocycles. The Labute approximate surface area is 202 Å². The number of anilines is 1. The number of esters is 2. The van der Waals surface area contributed by atoms with E-state index in [9.17, 15) is 14.4 Å². The van der Waals surface area contributed by atoms with Gasteiger partial charge in [0.1, 0.15) is 5.00 Å². The van der Waals surface area contributed by atoms with E-state index < -0.39 is 24.5 Å². The molecule has 1 aliphatic carbocycles. The van der Waals surface area contributed by atoms with E-state index in [0.717, 1.165) is 29.7 Å². The molecule has 1 N–H and O–H groups in total. The number of fused-ring (bicyclic) bond motifs is 1. The molecule has 0 spiro atoms. The first-order chi connectivity index (χ1) is 16.4. The number of methoxy groups -OCH3 is 1. The van der Waals surface area contributed by atoms with Gasteiger partial charge in [0, 0.05) is 4.88 Å². The van der Waals surface area contributed by atoms with Gasteiger partial charge in [-0.1, -0.05) is 0 Å². The van der Waals surface area contributed by atoms with Gasteiger partial charge in [-0.05, 0) is 57.7 Å². The molecule has 1 aromatic heterocycles. The van der Waals surface area contributed by atoms with Gasteiger partial charge in [0.05, 0.1) is 38.1 Å². The summed E-state index contributed by atoms with van der Waals surface area (Å²) in [6.07, 6.45) is 2.59. The predicted molar refractivity (Wildman–Crippen MR) is 127 cm³/mol. The van der Waals surface area contributed by atoms with Crippen LogP contribution in [0.15, 0.2) is 12.1 Å². The lowest BCUT2D eigenvalue weighted by molar-refractivity contribution is -0.119. The van der Waals surface area contributed by atoms with Crippen LogP contribution in [0.25, 0.3) is 0 Å². The van der Waals surface area contributed by atoms with Gasteiger partial charge >= 0.3 is 11.9 Å². The Morgan fingerprint density at radius 3 is 2.18 bits per heavy atom. The van der Waals surface area contributed by atoms with Crippen molar-refractivity contribution in [3.63, 3.8) is 0 Å². The summed E-state index contributed by atoms with van der Waals surface area (Å²) in [5, 5.41) is 3.10. The second-order valence-corrected chi connectivity index (χ2v) is 8.38. The van der Waals surface area contributed by atoms with Crippen molar-refractivity contribution in [2.24, 2.45) is 0 Å². The van der Waals surface area contributed by atoms with Gasteiger partial charge in [-0.2, -0.15) is 0 Å². The fourth-order valence-electron chi connectivity index (χ4n) is 3.69. The number of carbonyl (C=O) groups is 3. The highest BCUT2D eigenvalue weighted by Gasteiger charge is 2.28. The Morgan fingerprint density at radius 1 is 0.941 bits per heavy atom. The van der Waals surface area contributed by atoms with E-state index in [1.165, 1.54) is 30.6 Å². The monoisotopic (exact) mass is 491 g/mol. The first-order valence-corrected chi connectivity index (χ1v) is 12.0. The maximum atomic E-state index is 12.7. The highest BCUT2D eigenvalue weighted by molar-refractivity contribution is 7.17. The van der Waals surface area contributed by atoms with Crippen molar-refractivity contribution >= 4 is 34.2 Å². The van der Waals surface area contributed by atoms with Crippen molar-refractivity contribution in [2.45, 2.75) is 40.0 Å². The fraction of sp³-hybridized carbons (Fsp3) is 0.458. The van der Waals surface area contributed by atoms with Crippen molar-refractivity contribution in [3.05, 3.63) is 33.7 Å². The van der Waals surface area contributed by atoms with Crippen molar-refractivity contribution in [3.8, 4) is 17.2 Å². The lowest BCUT2D eigenvalue weighted by Crippen LogP contribution is -2.22. The summed E-state index contributed by atoms with van der Waals surface area (Å²) >= 11 is 1.35. The third kappa shape index (κ3) is 5.61. The van der Waals surface area contributed by atoms with E-state index in [0.29, 0.717) is 47.6 Å². The summed E-state index contributed by atoms with van der Waals surface area (Å²) in [5.41, 5.74) is 1.47. The molecule has 1 amide bonds. The number of carbonyl (C=O) groups excluding carboxylic acids is 3. The van der Waals surface area contributed by atoms with Crippen LogP contribution in [0.1, 0.15) is 58.3 Å². The number of thiophene rings is 1. The van der Waals surface area contributed by atoms with Crippen LogP contribution in [0.2, 0.25) is 0 Å². The predicted octanol–water partition coefficient (Wildman–Crippen LogP) is 4.02. The van der Waals surface area contributed by atoms with Gasteiger partial charge in [-0.3, -0.25) is 4.79 Å². The van der Waals surface area contributed by atoms with Crippen molar-refractivity contribution in [1.29, 1.82) is 0 Å². The highest BCUT2D eigenvalue weighted by Crippen LogP contribution is 2.40. The molecule has 1 aliphatic rings. The van der Waals surface area contributed by atoms with Gasteiger partial charge < -0.3 is 29.0 Å². The van der Waals surface area contributed by atoms with E-state index >= 15 is 0 Å². The van der Waals surface area contributed by atoms with Crippen molar-refractivity contribution in [2.75, 3.05) is 38.9 Å². The Morgan fingerprint density at radius 2 is 1.59 bits per heavy atom. The zero-order chi connectivity index (χ0) is 24.7. The third-order valence-electron chi connectivity index (χ3n) is 5.04. The number of ether oxygens (including phenoxy) is 5. The molecule has 2 aromatic rings. The fourth-order valence-corrected chi connectivity index (χ4v) is 4.99. The minimum absolute atomic E-state index is 0.161. The quantitative estimate of drug-likeness (QED) is 0.470. The minimum atomic E-state index is -0.720. The molecule has 0 unspecified atom stereocenters. The molecule has 0 radical (unpaired) electrons. The van der Waals surface area contributed by atoms with E-state index in [2.05, 4.69) is 5.32 Å². The number of amides is 1. The first kappa shape index (κ1) is 25.4. The minimum Gasteiger partial charge on any atom is -0.490 e. The van der Waals surface area contributed by atoms with Crippen molar-refractivity contribution < 1.29 is 38.1 Å². The number of nitrogens with one attached hydrogen (secondary N) is 1. The maximum absolute atomic E-state index is 12.7. The summed E-state index contributed by atoms with van der Waals surface area (Å²) in [4.78, 5) is 38.5. The van der Waals surface area contributed by atoms with Gasteiger partial charge in [-0.25, -0.2) is 9.59 Å². The van der Waals surface area contributed by atoms with E-state index in [1.54, 1.807) is 0 Å². The molecular formula is C24H29NO8S. The highest BCUT2D eigenvalue weighted by atomic mass is 32.1. The van der Waals surface area contributed by atoms with Gasteiger partial charge in [-0.15, -0.1) is 11.3 Å².